The van der Waals surface area contributed by atoms with Crippen molar-refractivity contribution in [2.75, 3.05) is 10.7 Å². The van der Waals surface area contributed by atoms with E-state index in [2.05, 4.69) is 10.3 Å². The SMILES string of the molecule is O=C(CSc1nc2ccc(N3C(=O)c4ccccc4C3=O)cc2s1)NC(c1ccccc1)c1ccccc1. The summed E-state index contributed by atoms with van der Waals surface area (Å²) < 4.78 is 1.58. The molecule has 0 saturated heterocycles. The van der Waals surface area contributed by atoms with Crippen LogP contribution in [0.25, 0.3) is 10.2 Å². The molecule has 1 aliphatic rings. The van der Waals surface area contributed by atoms with E-state index in [0.717, 1.165) is 25.7 Å². The van der Waals surface area contributed by atoms with Crippen molar-refractivity contribution in [2.45, 2.75) is 10.4 Å². The number of hydrogen-bond acceptors (Lipinski definition) is 6. The second kappa shape index (κ2) is 10.2. The van der Waals surface area contributed by atoms with Crippen LogP contribution in [-0.2, 0) is 4.79 Å². The predicted octanol–water partition coefficient (Wildman–Crippen LogP) is 6.09. The highest BCUT2D eigenvalue weighted by molar-refractivity contribution is 8.01. The van der Waals surface area contributed by atoms with Gasteiger partial charge in [-0.2, -0.15) is 0 Å². The number of anilines is 1. The molecule has 0 unspecified atom stereocenters. The number of fused-ring (bicyclic) bond motifs is 2. The number of benzene rings is 4. The first-order valence-electron chi connectivity index (χ1n) is 12.0. The number of thioether (sulfide) groups is 1. The number of amides is 3. The molecule has 6 nitrogen and oxygen atoms in total. The Balaban J connectivity index is 1.17. The van der Waals surface area contributed by atoms with E-state index in [4.69, 9.17) is 0 Å². The van der Waals surface area contributed by atoms with Crippen molar-refractivity contribution in [2.24, 2.45) is 0 Å². The summed E-state index contributed by atoms with van der Waals surface area (Å²) in [5.74, 6) is -0.542. The monoisotopic (exact) mass is 535 g/mol. The van der Waals surface area contributed by atoms with Crippen LogP contribution < -0.4 is 10.2 Å². The molecule has 0 atom stereocenters. The fourth-order valence-corrected chi connectivity index (χ4v) is 6.41. The second-order valence-electron chi connectivity index (χ2n) is 8.73. The lowest BCUT2D eigenvalue weighted by Crippen LogP contribution is -2.30. The first-order chi connectivity index (χ1) is 18.6. The Morgan fingerprint density at radius 2 is 1.39 bits per heavy atom. The van der Waals surface area contributed by atoms with E-state index in [1.54, 1.807) is 42.5 Å². The number of carbonyl (C=O) groups is 3. The lowest BCUT2D eigenvalue weighted by Gasteiger charge is -2.19. The fourth-order valence-electron chi connectivity index (χ4n) is 4.50. The molecule has 2 heterocycles. The summed E-state index contributed by atoms with van der Waals surface area (Å²) in [5.41, 5.74) is 4.11. The van der Waals surface area contributed by atoms with Crippen molar-refractivity contribution >= 4 is 56.7 Å². The summed E-state index contributed by atoms with van der Waals surface area (Å²) in [6, 6.07) is 31.7. The molecule has 1 aromatic heterocycles. The van der Waals surface area contributed by atoms with Gasteiger partial charge in [-0.3, -0.25) is 14.4 Å². The molecule has 4 aromatic carbocycles. The van der Waals surface area contributed by atoms with E-state index in [1.165, 1.54) is 28.0 Å². The fraction of sp³-hybridized carbons (Fsp3) is 0.0667. The number of nitrogens with zero attached hydrogens (tertiary/aromatic N) is 2. The van der Waals surface area contributed by atoms with Crippen LogP contribution in [0.1, 0.15) is 37.9 Å². The van der Waals surface area contributed by atoms with Gasteiger partial charge in [0, 0.05) is 0 Å². The van der Waals surface area contributed by atoms with Crippen LogP contribution in [-0.4, -0.2) is 28.5 Å². The van der Waals surface area contributed by atoms with Crippen LogP contribution in [0.3, 0.4) is 0 Å². The van der Waals surface area contributed by atoms with E-state index < -0.39 is 0 Å². The third-order valence-corrected chi connectivity index (χ3v) is 8.46. The highest BCUT2D eigenvalue weighted by Crippen LogP contribution is 2.35. The van der Waals surface area contributed by atoms with Gasteiger partial charge in [-0.15, -0.1) is 11.3 Å². The summed E-state index contributed by atoms with van der Waals surface area (Å²) >= 11 is 2.80. The third-order valence-electron chi connectivity index (χ3n) is 6.30. The van der Waals surface area contributed by atoms with Crippen LogP contribution in [0.5, 0.6) is 0 Å². The zero-order chi connectivity index (χ0) is 26.1. The van der Waals surface area contributed by atoms with E-state index in [-0.39, 0.29) is 29.5 Å². The molecule has 1 aliphatic heterocycles. The van der Waals surface area contributed by atoms with Gasteiger partial charge in [0.25, 0.3) is 11.8 Å². The highest BCUT2D eigenvalue weighted by Gasteiger charge is 2.36. The summed E-state index contributed by atoms with van der Waals surface area (Å²) in [6.07, 6.45) is 0. The van der Waals surface area contributed by atoms with Gasteiger partial charge in [0.2, 0.25) is 5.91 Å². The van der Waals surface area contributed by atoms with Crippen LogP contribution in [0.2, 0.25) is 0 Å². The van der Waals surface area contributed by atoms with Crippen molar-refractivity contribution in [1.29, 1.82) is 0 Å². The summed E-state index contributed by atoms with van der Waals surface area (Å²) in [7, 11) is 0. The highest BCUT2D eigenvalue weighted by atomic mass is 32.2. The quantitative estimate of drug-likeness (QED) is 0.201. The molecule has 0 radical (unpaired) electrons. The molecule has 0 spiro atoms. The van der Waals surface area contributed by atoms with Gasteiger partial charge < -0.3 is 5.32 Å². The topological polar surface area (TPSA) is 79.4 Å². The zero-order valence-electron chi connectivity index (χ0n) is 20.0. The van der Waals surface area contributed by atoms with Gasteiger partial charge in [-0.05, 0) is 41.5 Å². The molecular formula is C30H21N3O3S2. The van der Waals surface area contributed by atoms with Gasteiger partial charge in [0.05, 0.1) is 38.8 Å². The van der Waals surface area contributed by atoms with Gasteiger partial charge in [-0.1, -0.05) is 84.6 Å². The Morgan fingerprint density at radius 3 is 2.00 bits per heavy atom. The molecule has 0 aliphatic carbocycles. The lowest BCUT2D eigenvalue weighted by atomic mass is 9.99. The van der Waals surface area contributed by atoms with Gasteiger partial charge in [0.15, 0.2) is 4.34 Å². The Kier molecular flexibility index (Phi) is 6.49. The Bertz CT molecular complexity index is 1590. The molecule has 0 saturated carbocycles. The number of thiazole rings is 1. The minimum absolute atomic E-state index is 0.0984. The number of carbonyl (C=O) groups excluding carboxylic acids is 3. The molecular weight excluding hydrogens is 514 g/mol. The van der Waals surface area contributed by atoms with Crippen LogP contribution in [0.15, 0.2) is 107 Å². The number of rotatable bonds is 7. The molecule has 5 aromatic rings. The van der Waals surface area contributed by atoms with Crippen molar-refractivity contribution in [3.05, 3.63) is 125 Å². The van der Waals surface area contributed by atoms with Gasteiger partial charge in [-0.25, -0.2) is 9.88 Å². The summed E-state index contributed by atoms with van der Waals surface area (Å²) in [6.45, 7) is 0. The van der Waals surface area contributed by atoms with Crippen LogP contribution in [0.4, 0.5) is 5.69 Å². The maximum atomic E-state index is 13.0. The molecule has 38 heavy (non-hydrogen) atoms. The zero-order valence-corrected chi connectivity index (χ0v) is 21.7. The maximum absolute atomic E-state index is 13.0. The second-order valence-corrected chi connectivity index (χ2v) is 11.0. The summed E-state index contributed by atoms with van der Waals surface area (Å²) in [5, 5.41) is 3.15. The lowest BCUT2D eigenvalue weighted by molar-refractivity contribution is -0.119. The van der Waals surface area contributed by atoms with E-state index in [1.807, 2.05) is 60.7 Å². The van der Waals surface area contributed by atoms with E-state index in [9.17, 15) is 14.4 Å². The van der Waals surface area contributed by atoms with E-state index >= 15 is 0 Å². The largest absolute Gasteiger partial charge is 0.344 e. The van der Waals surface area contributed by atoms with Crippen LogP contribution >= 0.6 is 23.1 Å². The maximum Gasteiger partial charge on any atom is 0.266 e. The number of imide groups is 1. The van der Waals surface area contributed by atoms with E-state index in [0.29, 0.717) is 16.8 Å². The molecule has 3 amide bonds. The molecule has 6 rings (SSSR count). The first kappa shape index (κ1) is 24.1. The third kappa shape index (κ3) is 4.60. The molecule has 186 valence electrons. The molecule has 1 N–H and O–H groups in total. The Hall–Kier alpha value is -4.27. The van der Waals surface area contributed by atoms with Crippen molar-refractivity contribution in [3.63, 3.8) is 0 Å². The van der Waals surface area contributed by atoms with Crippen molar-refractivity contribution in [3.8, 4) is 0 Å². The molecule has 0 fully saturated rings. The first-order valence-corrected chi connectivity index (χ1v) is 13.8. The smallest absolute Gasteiger partial charge is 0.266 e. The average Bonchev–Trinajstić information content (AvgIpc) is 3.49. The normalized spacial score (nSPS) is 12.8. The summed E-state index contributed by atoms with van der Waals surface area (Å²) in [4.78, 5) is 44.5. The Morgan fingerprint density at radius 1 is 0.816 bits per heavy atom. The van der Waals surface area contributed by atoms with Crippen LogP contribution in [0, 0.1) is 0 Å². The minimum Gasteiger partial charge on any atom is -0.344 e. The van der Waals surface area contributed by atoms with Crippen molar-refractivity contribution in [1.82, 2.24) is 10.3 Å². The molecule has 8 heteroatoms. The number of nitrogens with one attached hydrogen (secondary N) is 1. The minimum atomic E-state index is -0.327. The number of aromatic nitrogens is 1. The molecule has 0 bridgehead atoms. The average molecular weight is 536 g/mol. The van der Waals surface area contributed by atoms with Gasteiger partial charge >= 0.3 is 0 Å². The Labute approximate surface area is 227 Å². The van der Waals surface area contributed by atoms with Crippen molar-refractivity contribution < 1.29 is 14.4 Å². The number of hydrogen-bond donors (Lipinski definition) is 1. The standard InChI is InChI=1S/C30H21N3O3S2/c34-26(32-27(19-9-3-1-4-10-19)20-11-5-2-6-12-20)18-37-30-31-24-16-15-21(17-25(24)38-30)33-28(35)22-13-7-8-14-23(22)29(33)36/h1-17,27H,18H2,(H,32,34). The predicted molar refractivity (Wildman–Crippen MR) is 151 cm³/mol. The van der Waals surface area contributed by atoms with Gasteiger partial charge in [0.1, 0.15) is 0 Å².